The van der Waals surface area contributed by atoms with E-state index in [0.29, 0.717) is 12.1 Å². The summed E-state index contributed by atoms with van der Waals surface area (Å²) < 4.78 is 52.9. The number of halogens is 4. The van der Waals surface area contributed by atoms with Crippen LogP contribution in [0.1, 0.15) is 5.56 Å². The minimum atomic E-state index is -4.81. The van der Waals surface area contributed by atoms with Gasteiger partial charge in [0.05, 0.1) is 5.56 Å². The number of carbonyl (C=O) groups excluding carboxylic acids is 1. The van der Waals surface area contributed by atoms with E-state index >= 15 is 0 Å². The summed E-state index contributed by atoms with van der Waals surface area (Å²) in [6, 6.07) is 1.85. The molecule has 0 aliphatic rings. The van der Waals surface area contributed by atoms with Crippen molar-refractivity contribution in [3.8, 4) is 5.75 Å². The molecule has 0 aromatic heterocycles. The van der Waals surface area contributed by atoms with Crippen LogP contribution in [0.5, 0.6) is 5.75 Å². The van der Waals surface area contributed by atoms with Crippen LogP contribution in [0.2, 0.25) is 0 Å². The van der Waals surface area contributed by atoms with Crippen molar-refractivity contribution < 1.29 is 27.1 Å². The van der Waals surface area contributed by atoms with Crippen molar-refractivity contribution in [1.82, 2.24) is 0 Å². The predicted octanol–water partition coefficient (Wildman–Crippen LogP) is 2.29. The van der Waals surface area contributed by atoms with Gasteiger partial charge in [0.25, 0.3) is 0 Å². The first-order chi connectivity index (χ1) is 6.45. The molecule has 2 nitrogen and oxygen atoms in total. The second-order valence-electron chi connectivity index (χ2n) is 2.32. The summed E-state index contributed by atoms with van der Waals surface area (Å²) in [5, 5.41) is 0. The first-order valence-electron chi connectivity index (χ1n) is 3.36. The van der Waals surface area contributed by atoms with Gasteiger partial charge in [0.15, 0.2) is 0 Å². The molecule has 0 aliphatic carbocycles. The van der Waals surface area contributed by atoms with Crippen LogP contribution in [0.3, 0.4) is 0 Å². The largest absolute Gasteiger partial charge is 0.423 e. The Morgan fingerprint density at radius 2 is 1.93 bits per heavy atom. The minimum Gasteiger partial charge on any atom is -0.418 e. The van der Waals surface area contributed by atoms with Crippen LogP contribution in [0.4, 0.5) is 17.6 Å². The van der Waals surface area contributed by atoms with Crippen LogP contribution in [-0.4, -0.2) is 6.47 Å². The Hall–Kier alpha value is -1.59. The first-order valence-corrected chi connectivity index (χ1v) is 3.36. The van der Waals surface area contributed by atoms with Crippen molar-refractivity contribution in [1.29, 1.82) is 0 Å². The van der Waals surface area contributed by atoms with Crippen molar-refractivity contribution in [3.63, 3.8) is 0 Å². The van der Waals surface area contributed by atoms with Crippen LogP contribution < -0.4 is 4.74 Å². The maximum absolute atomic E-state index is 12.6. The standard InChI is InChI=1S/C8H3F4O2/c9-7-2-1-5(14-4-13)3-6(7)8(10,11)12/h1-3H. The van der Waals surface area contributed by atoms with Gasteiger partial charge in [-0.05, 0) is 18.2 Å². The van der Waals surface area contributed by atoms with E-state index in [4.69, 9.17) is 0 Å². The smallest absolute Gasteiger partial charge is 0.418 e. The van der Waals surface area contributed by atoms with Gasteiger partial charge in [-0.15, -0.1) is 0 Å². The lowest BCUT2D eigenvalue weighted by molar-refractivity contribution is -0.140. The number of benzene rings is 1. The second kappa shape index (κ2) is 3.65. The van der Waals surface area contributed by atoms with Crippen molar-refractivity contribution in [2.45, 2.75) is 6.18 Å². The normalized spacial score (nSPS) is 11.1. The van der Waals surface area contributed by atoms with E-state index in [-0.39, 0.29) is 0 Å². The highest BCUT2D eigenvalue weighted by Gasteiger charge is 2.34. The number of hydrogen-bond donors (Lipinski definition) is 0. The lowest BCUT2D eigenvalue weighted by Gasteiger charge is -2.08. The average Bonchev–Trinajstić information content (AvgIpc) is 2.07. The third kappa shape index (κ3) is 2.21. The molecule has 14 heavy (non-hydrogen) atoms. The molecule has 1 radical (unpaired) electrons. The van der Waals surface area contributed by atoms with Gasteiger partial charge in [-0.3, -0.25) is 0 Å². The van der Waals surface area contributed by atoms with Crippen molar-refractivity contribution in [2.24, 2.45) is 0 Å². The third-order valence-electron chi connectivity index (χ3n) is 1.40. The SMILES string of the molecule is O=[C]Oc1ccc(F)c(C(F)(F)F)c1. The highest BCUT2D eigenvalue weighted by molar-refractivity contribution is 5.46. The Kier molecular flexibility index (Phi) is 2.73. The van der Waals surface area contributed by atoms with E-state index in [1.807, 2.05) is 0 Å². The first kappa shape index (κ1) is 10.5. The number of hydrogen-bond acceptors (Lipinski definition) is 2. The number of ether oxygens (including phenoxy) is 1. The van der Waals surface area contributed by atoms with E-state index in [1.165, 1.54) is 0 Å². The van der Waals surface area contributed by atoms with Gasteiger partial charge in [0.1, 0.15) is 11.6 Å². The zero-order valence-electron chi connectivity index (χ0n) is 6.56. The van der Waals surface area contributed by atoms with E-state index < -0.39 is 23.3 Å². The van der Waals surface area contributed by atoms with Crippen molar-refractivity contribution in [2.75, 3.05) is 0 Å². The lowest BCUT2D eigenvalue weighted by atomic mass is 10.2. The second-order valence-corrected chi connectivity index (χ2v) is 2.32. The average molecular weight is 207 g/mol. The quantitative estimate of drug-likeness (QED) is 0.695. The Labute approximate surface area is 76.1 Å². The Morgan fingerprint density at radius 1 is 1.29 bits per heavy atom. The zero-order chi connectivity index (χ0) is 10.8. The molecular formula is C8H3F4O2. The van der Waals surface area contributed by atoms with Gasteiger partial charge in [0, 0.05) is 0 Å². The predicted molar refractivity (Wildman–Crippen MR) is 37.7 cm³/mol. The van der Waals surface area contributed by atoms with E-state index in [2.05, 4.69) is 4.74 Å². The number of alkyl halides is 3. The summed E-state index contributed by atoms with van der Waals surface area (Å²) in [5.41, 5.74) is -1.48. The summed E-state index contributed by atoms with van der Waals surface area (Å²) >= 11 is 0. The van der Waals surface area contributed by atoms with Crippen LogP contribution in [-0.2, 0) is 11.0 Å². The fraction of sp³-hybridized carbons (Fsp3) is 0.125. The van der Waals surface area contributed by atoms with E-state index in [1.54, 1.807) is 0 Å². The van der Waals surface area contributed by atoms with Crippen LogP contribution >= 0.6 is 0 Å². The van der Waals surface area contributed by atoms with Crippen LogP contribution in [0.15, 0.2) is 18.2 Å². The van der Waals surface area contributed by atoms with Crippen LogP contribution in [0, 0.1) is 5.82 Å². The fourth-order valence-electron chi connectivity index (χ4n) is 0.833. The summed E-state index contributed by atoms with van der Waals surface area (Å²) in [4.78, 5) is 9.70. The maximum atomic E-state index is 12.6. The molecule has 0 bridgehead atoms. The van der Waals surface area contributed by atoms with Crippen molar-refractivity contribution >= 4 is 6.47 Å². The Bertz CT molecular complexity index is 346. The Balaban J connectivity index is 3.15. The molecule has 0 spiro atoms. The Morgan fingerprint density at radius 3 is 2.43 bits per heavy atom. The molecule has 75 valence electrons. The third-order valence-corrected chi connectivity index (χ3v) is 1.40. The van der Waals surface area contributed by atoms with Gasteiger partial charge < -0.3 is 4.74 Å². The highest BCUT2D eigenvalue weighted by Crippen LogP contribution is 2.33. The molecule has 6 heteroatoms. The molecule has 1 rings (SSSR count). The summed E-state index contributed by atoms with van der Waals surface area (Å²) in [5.74, 6) is -1.83. The highest BCUT2D eigenvalue weighted by atomic mass is 19.4. The monoisotopic (exact) mass is 207 g/mol. The molecule has 1 aromatic carbocycles. The van der Waals surface area contributed by atoms with Gasteiger partial charge >= 0.3 is 12.6 Å². The van der Waals surface area contributed by atoms with Gasteiger partial charge in [-0.1, -0.05) is 0 Å². The zero-order valence-corrected chi connectivity index (χ0v) is 6.56. The van der Waals surface area contributed by atoms with Gasteiger partial charge in [0.2, 0.25) is 0 Å². The molecule has 0 N–H and O–H groups in total. The molecule has 0 atom stereocenters. The van der Waals surface area contributed by atoms with Gasteiger partial charge in [-0.25, -0.2) is 9.18 Å². The molecule has 0 amide bonds. The molecule has 0 heterocycles. The summed E-state index contributed by atoms with van der Waals surface area (Å²) in [7, 11) is 0. The van der Waals surface area contributed by atoms with E-state index in [9.17, 15) is 22.4 Å². The van der Waals surface area contributed by atoms with Crippen molar-refractivity contribution in [3.05, 3.63) is 29.6 Å². The molecule has 0 saturated heterocycles. The van der Waals surface area contributed by atoms with Crippen LogP contribution in [0.25, 0.3) is 0 Å². The number of rotatable bonds is 2. The summed E-state index contributed by atoms with van der Waals surface area (Å²) in [6.07, 6.45) is -4.81. The van der Waals surface area contributed by atoms with E-state index in [0.717, 1.165) is 12.5 Å². The maximum Gasteiger partial charge on any atom is 0.423 e. The molecule has 0 unspecified atom stereocenters. The summed E-state index contributed by atoms with van der Waals surface area (Å²) in [6.45, 7) is 0.942. The molecule has 0 saturated carbocycles. The van der Waals surface area contributed by atoms with Gasteiger partial charge in [-0.2, -0.15) is 13.2 Å². The molecule has 0 aliphatic heterocycles. The minimum absolute atomic E-state index is 0.389. The molecular weight excluding hydrogens is 204 g/mol. The topological polar surface area (TPSA) is 26.3 Å². The molecule has 1 aromatic rings. The molecule has 0 fully saturated rings. The fourth-order valence-corrected chi connectivity index (χ4v) is 0.833. The lowest BCUT2D eigenvalue weighted by Crippen LogP contribution is -2.08.